The van der Waals surface area contributed by atoms with E-state index >= 15 is 0 Å². The van der Waals surface area contributed by atoms with Gasteiger partial charge in [-0.05, 0) is 44.0 Å². The molecule has 0 bridgehead atoms. The van der Waals surface area contributed by atoms with Crippen LogP contribution in [0.3, 0.4) is 0 Å². The Labute approximate surface area is 126 Å². The maximum absolute atomic E-state index is 12.6. The van der Waals surface area contributed by atoms with Crippen molar-refractivity contribution in [2.45, 2.75) is 31.1 Å². The monoisotopic (exact) mass is 310 g/mol. The standard InChI is InChI=1S/C15H22N2O3S/c1-3-15(8-5-9-16-11-15)14(18)17-12-6-4-7-13(10-12)21(2,19)20/h4,6-7,10,16H,3,5,8-9,11H2,1-2H3,(H,17,18). The van der Waals surface area contributed by atoms with Crippen molar-refractivity contribution in [1.82, 2.24) is 5.32 Å². The van der Waals surface area contributed by atoms with Crippen LogP contribution in [-0.4, -0.2) is 33.7 Å². The first-order chi connectivity index (χ1) is 9.87. The number of hydrogen-bond donors (Lipinski definition) is 2. The number of carbonyl (C=O) groups is 1. The van der Waals surface area contributed by atoms with Gasteiger partial charge in [-0.3, -0.25) is 4.79 Å². The largest absolute Gasteiger partial charge is 0.326 e. The molecule has 6 heteroatoms. The van der Waals surface area contributed by atoms with Crippen molar-refractivity contribution in [2.75, 3.05) is 24.7 Å². The minimum absolute atomic E-state index is 0.0390. The highest BCUT2D eigenvalue weighted by Gasteiger charge is 2.37. The van der Waals surface area contributed by atoms with E-state index in [1.54, 1.807) is 12.1 Å². The summed E-state index contributed by atoms with van der Waals surface area (Å²) in [5.74, 6) is -0.0390. The quantitative estimate of drug-likeness (QED) is 0.889. The Morgan fingerprint density at radius 2 is 2.19 bits per heavy atom. The van der Waals surface area contributed by atoms with E-state index < -0.39 is 15.3 Å². The van der Waals surface area contributed by atoms with E-state index in [0.29, 0.717) is 12.2 Å². The minimum Gasteiger partial charge on any atom is -0.326 e. The van der Waals surface area contributed by atoms with E-state index in [-0.39, 0.29) is 10.8 Å². The molecule has 1 saturated heterocycles. The van der Waals surface area contributed by atoms with Gasteiger partial charge >= 0.3 is 0 Å². The fourth-order valence-electron chi connectivity index (χ4n) is 2.69. The first-order valence-electron chi connectivity index (χ1n) is 7.20. The Morgan fingerprint density at radius 3 is 2.76 bits per heavy atom. The van der Waals surface area contributed by atoms with Gasteiger partial charge in [-0.1, -0.05) is 13.0 Å². The summed E-state index contributed by atoms with van der Waals surface area (Å²) in [6.45, 7) is 3.62. The van der Waals surface area contributed by atoms with E-state index in [0.717, 1.165) is 32.1 Å². The van der Waals surface area contributed by atoms with Gasteiger partial charge in [-0.25, -0.2) is 8.42 Å². The van der Waals surface area contributed by atoms with Crippen molar-refractivity contribution in [1.29, 1.82) is 0 Å². The number of benzene rings is 1. The molecule has 1 fully saturated rings. The molecule has 1 unspecified atom stereocenters. The Morgan fingerprint density at radius 1 is 1.43 bits per heavy atom. The molecule has 0 radical (unpaired) electrons. The SMILES string of the molecule is CCC1(C(=O)Nc2cccc(S(C)(=O)=O)c2)CCCNC1. The van der Waals surface area contributed by atoms with E-state index in [4.69, 9.17) is 0 Å². The summed E-state index contributed by atoms with van der Waals surface area (Å²) in [6, 6.07) is 6.39. The number of amides is 1. The molecule has 5 nitrogen and oxygen atoms in total. The molecule has 1 aromatic carbocycles. The molecule has 1 aliphatic heterocycles. The maximum atomic E-state index is 12.6. The summed E-state index contributed by atoms with van der Waals surface area (Å²) >= 11 is 0. The molecule has 1 atom stereocenters. The molecule has 116 valence electrons. The molecule has 2 N–H and O–H groups in total. The molecule has 0 aromatic heterocycles. The third-order valence-corrected chi connectivity index (χ3v) is 5.26. The number of piperidine rings is 1. The van der Waals surface area contributed by atoms with Crippen LogP contribution in [-0.2, 0) is 14.6 Å². The second-order valence-corrected chi connectivity index (χ2v) is 7.68. The molecule has 1 aliphatic rings. The number of sulfone groups is 1. The number of nitrogens with one attached hydrogen (secondary N) is 2. The first kappa shape index (κ1) is 16.0. The van der Waals surface area contributed by atoms with Gasteiger partial charge < -0.3 is 10.6 Å². The highest BCUT2D eigenvalue weighted by Crippen LogP contribution is 2.31. The Balaban J connectivity index is 2.19. The second kappa shape index (κ2) is 6.15. The number of rotatable bonds is 4. The summed E-state index contributed by atoms with van der Waals surface area (Å²) in [4.78, 5) is 12.8. The summed E-state index contributed by atoms with van der Waals surface area (Å²) in [7, 11) is -3.27. The van der Waals surface area contributed by atoms with Crippen molar-refractivity contribution >= 4 is 21.4 Å². The Hall–Kier alpha value is -1.40. The lowest BCUT2D eigenvalue weighted by molar-refractivity contribution is -0.126. The number of hydrogen-bond acceptors (Lipinski definition) is 4. The summed E-state index contributed by atoms with van der Waals surface area (Å²) in [6.07, 6.45) is 3.75. The van der Waals surface area contributed by atoms with Crippen LogP contribution < -0.4 is 10.6 Å². The van der Waals surface area contributed by atoms with Crippen LogP contribution in [0, 0.1) is 5.41 Å². The van der Waals surface area contributed by atoms with Crippen molar-refractivity contribution < 1.29 is 13.2 Å². The maximum Gasteiger partial charge on any atom is 0.231 e. The molecule has 1 amide bonds. The fourth-order valence-corrected chi connectivity index (χ4v) is 3.36. The zero-order valence-electron chi connectivity index (χ0n) is 12.5. The van der Waals surface area contributed by atoms with Crippen molar-refractivity contribution in [3.8, 4) is 0 Å². The number of anilines is 1. The van der Waals surface area contributed by atoms with Gasteiger partial charge in [0.05, 0.1) is 10.3 Å². The van der Waals surface area contributed by atoms with E-state index in [2.05, 4.69) is 10.6 Å². The second-order valence-electron chi connectivity index (χ2n) is 5.67. The predicted octanol–water partition coefficient (Wildman–Crippen LogP) is 1.81. The average molecular weight is 310 g/mol. The van der Waals surface area contributed by atoms with Crippen LogP contribution in [0.1, 0.15) is 26.2 Å². The molecule has 21 heavy (non-hydrogen) atoms. The van der Waals surface area contributed by atoms with E-state index in [9.17, 15) is 13.2 Å². The molecular formula is C15H22N2O3S. The first-order valence-corrected chi connectivity index (χ1v) is 9.09. The fraction of sp³-hybridized carbons (Fsp3) is 0.533. The molecule has 0 spiro atoms. The lowest BCUT2D eigenvalue weighted by Gasteiger charge is -2.35. The highest BCUT2D eigenvalue weighted by molar-refractivity contribution is 7.90. The highest BCUT2D eigenvalue weighted by atomic mass is 32.2. The molecule has 1 heterocycles. The van der Waals surface area contributed by atoms with Crippen LogP contribution in [0.4, 0.5) is 5.69 Å². The zero-order chi connectivity index (χ0) is 15.5. The molecule has 0 saturated carbocycles. The lowest BCUT2D eigenvalue weighted by atomic mass is 9.77. The zero-order valence-corrected chi connectivity index (χ0v) is 13.3. The van der Waals surface area contributed by atoms with Gasteiger partial charge in [-0.15, -0.1) is 0 Å². The van der Waals surface area contributed by atoms with Crippen LogP contribution >= 0.6 is 0 Å². The third-order valence-electron chi connectivity index (χ3n) is 4.15. The molecule has 0 aliphatic carbocycles. The normalized spacial score (nSPS) is 22.8. The van der Waals surface area contributed by atoms with Crippen LogP contribution in [0.2, 0.25) is 0 Å². The third kappa shape index (κ3) is 3.63. The predicted molar refractivity (Wildman–Crippen MR) is 83.0 cm³/mol. The van der Waals surface area contributed by atoms with E-state index in [1.165, 1.54) is 12.1 Å². The van der Waals surface area contributed by atoms with E-state index in [1.807, 2.05) is 6.92 Å². The minimum atomic E-state index is -3.27. The van der Waals surface area contributed by atoms with Gasteiger partial charge in [-0.2, -0.15) is 0 Å². The lowest BCUT2D eigenvalue weighted by Crippen LogP contribution is -2.47. The van der Waals surface area contributed by atoms with Gasteiger partial charge in [0, 0.05) is 18.5 Å². The van der Waals surface area contributed by atoms with Gasteiger partial charge in [0.1, 0.15) is 0 Å². The van der Waals surface area contributed by atoms with Gasteiger partial charge in [0.25, 0.3) is 0 Å². The van der Waals surface area contributed by atoms with Crippen LogP contribution in [0.25, 0.3) is 0 Å². The topological polar surface area (TPSA) is 75.3 Å². The summed E-state index contributed by atoms with van der Waals surface area (Å²) in [5, 5.41) is 6.14. The van der Waals surface area contributed by atoms with Gasteiger partial charge in [0.15, 0.2) is 9.84 Å². The Kier molecular flexibility index (Phi) is 4.68. The van der Waals surface area contributed by atoms with Gasteiger partial charge in [0.2, 0.25) is 5.91 Å². The summed E-state index contributed by atoms with van der Waals surface area (Å²) in [5.41, 5.74) is 0.126. The van der Waals surface area contributed by atoms with Crippen molar-refractivity contribution in [3.63, 3.8) is 0 Å². The van der Waals surface area contributed by atoms with Crippen molar-refractivity contribution in [2.24, 2.45) is 5.41 Å². The molecular weight excluding hydrogens is 288 g/mol. The Bertz CT molecular complexity index is 620. The summed E-state index contributed by atoms with van der Waals surface area (Å²) < 4.78 is 23.1. The number of carbonyl (C=O) groups excluding carboxylic acids is 1. The smallest absolute Gasteiger partial charge is 0.231 e. The van der Waals surface area contributed by atoms with Crippen LogP contribution in [0.15, 0.2) is 29.2 Å². The van der Waals surface area contributed by atoms with Crippen molar-refractivity contribution in [3.05, 3.63) is 24.3 Å². The molecule has 2 rings (SSSR count). The van der Waals surface area contributed by atoms with Crippen LogP contribution in [0.5, 0.6) is 0 Å². The average Bonchev–Trinajstić information content (AvgIpc) is 2.47. The molecule has 1 aromatic rings.